The maximum absolute atomic E-state index is 12.9. The van der Waals surface area contributed by atoms with Gasteiger partial charge in [0.2, 0.25) is 0 Å². The van der Waals surface area contributed by atoms with Gasteiger partial charge in [-0.1, -0.05) is 29.8 Å². The molecule has 0 amide bonds. The molecule has 2 nitrogen and oxygen atoms in total. The maximum atomic E-state index is 12.9. The topological polar surface area (TPSA) is 38.0 Å². The summed E-state index contributed by atoms with van der Waals surface area (Å²) in [4.78, 5) is 0. The van der Waals surface area contributed by atoms with Gasteiger partial charge in [-0.2, -0.15) is 0 Å². The van der Waals surface area contributed by atoms with Crippen molar-refractivity contribution >= 4 is 27.5 Å². The monoisotopic (exact) mass is 342 g/mol. The number of halogens is 3. The minimum absolute atomic E-state index is 0.0565. The molecule has 0 bridgehead atoms. The first-order valence-electron chi connectivity index (χ1n) is 5.75. The van der Waals surface area contributed by atoms with E-state index in [0.29, 0.717) is 11.4 Å². The van der Waals surface area contributed by atoms with Crippen LogP contribution in [0.3, 0.4) is 0 Å². The van der Waals surface area contributed by atoms with Crippen LogP contribution in [-0.2, 0) is 6.42 Å². The highest BCUT2D eigenvalue weighted by molar-refractivity contribution is 9.10. The smallest absolute Gasteiger partial charge is 0.123 e. The van der Waals surface area contributed by atoms with Gasteiger partial charge in [-0.25, -0.2) is 4.39 Å². The van der Waals surface area contributed by atoms with E-state index in [1.807, 2.05) is 18.2 Å². The van der Waals surface area contributed by atoms with Crippen LogP contribution < -0.4 is 11.3 Å². The molecule has 0 fully saturated rings. The molecule has 5 heteroatoms. The molecule has 0 heterocycles. The molecule has 2 aromatic rings. The Balaban J connectivity index is 2.19. The zero-order valence-electron chi connectivity index (χ0n) is 10.0. The van der Waals surface area contributed by atoms with Crippen molar-refractivity contribution in [3.8, 4) is 0 Å². The fourth-order valence-electron chi connectivity index (χ4n) is 1.86. The Labute approximate surface area is 124 Å². The Bertz CT molecular complexity index is 560. The van der Waals surface area contributed by atoms with Gasteiger partial charge in [0.1, 0.15) is 5.82 Å². The Morgan fingerprint density at radius 3 is 2.47 bits per heavy atom. The zero-order chi connectivity index (χ0) is 13.8. The van der Waals surface area contributed by atoms with Crippen LogP contribution in [0.2, 0.25) is 5.02 Å². The van der Waals surface area contributed by atoms with Crippen LogP contribution >= 0.6 is 27.5 Å². The number of nitrogens with one attached hydrogen (secondary N) is 1. The van der Waals surface area contributed by atoms with Crippen LogP contribution in [0, 0.1) is 5.82 Å². The molecule has 0 saturated heterocycles. The van der Waals surface area contributed by atoms with Gasteiger partial charge >= 0.3 is 0 Å². The molecule has 3 N–H and O–H groups in total. The van der Waals surface area contributed by atoms with Gasteiger partial charge in [-0.15, -0.1) is 0 Å². The van der Waals surface area contributed by atoms with Crippen LogP contribution in [-0.4, -0.2) is 0 Å². The second-order valence-corrected chi connectivity index (χ2v) is 5.48. The number of hydrogen-bond donors (Lipinski definition) is 2. The second-order valence-electron chi connectivity index (χ2n) is 4.22. The highest BCUT2D eigenvalue weighted by Gasteiger charge is 2.12. The number of nitrogens with two attached hydrogens (primary N) is 1. The number of rotatable bonds is 4. The largest absolute Gasteiger partial charge is 0.271 e. The molecule has 2 rings (SSSR count). The van der Waals surface area contributed by atoms with E-state index in [4.69, 9.17) is 17.4 Å². The quantitative estimate of drug-likeness (QED) is 0.651. The van der Waals surface area contributed by atoms with Crippen molar-refractivity contribution in [2.45, 2.75) is 12.5 Å². The van der Waals surface area contributed by atoms with Gasteiger partial charge in [0.15, 0.2) is 0 Å². The Morgan fingerprint density at radius 2 is 1.89 bits per heavy atom. The molecule has 0 aliphatic carbocycles. The lowest BCUT2D eigenvalue weighted by molar-refractivity contribution is 0.550. The molecule has 0 spiro atoms. The molecule has 2 aromatic carbocycles. The van der Waals surface area contributed by atoms with Gasteiger partial charge in [-0.3, -0.25) is 11.3 Å². The van der Waals surface area contributed by atoms with Gasteiger partial charge in [0, 0.05) is 4.47 Å². The molecule has 0 aliphatic heterocycles. The SMILES string of the molecule is NNC(Cc1ccc(F)cc1)c1ccc(Cl)c(Br)c1. The lowest BCUT2D eigenvalue weighted by atomic mass is 9.99. The molecule has 19 heavy (non-hydrogen) atoms. The first-order valence-corrected chi connectivity index (χ1v) is 6.93. The van der Waals surface area contributed by atoms with Crippen molar-refractivity contribution in [3.63, 3.8) is 0 Å². The highest BCUT2D eigenvalue weighted by Crippen LogP contribution is 2.27. The first-order chi connectivity index (χ1) is 9.10. The predicted octanol–water partition coefficient (Wildman–Crippen LogP) is 3.99. The summed E-state index contributed by atoms with van der Waals surface area (Å²) in [5.74, 6) is 5.36. The predicted molar refractivity (Wildman–Crippen MR) is 79.3 cm³/mol. The molecule has 100 valence electrons. The summed E-state index contributed by atoms with van der Waals surface area (Å²) in [6, 6.07) is 12.0. The summed E-state index contributed by atoms with van der Waals surface area (Å²) in [6.45, 7) is 0. The van der Waals surface area contributed by atoms with Crippen LogP contribution in [0.25, 0.3) is 0 Å². The molecule has 0 aliphatic rings. The molecule has 1 atom stereocenters. The normalized spacial score (nSPS) is 12.4. The minimum atomic E-state index is -0.241. The van der Waals surface area contributed by atoms with E-state index in [1.54, 1.807) is 12.1 Å². The van der Waals surface area contributed by atoms with Crippen molar-refractivity contribution in [2.75, 3.05) is 0 Å². The first kappa shape index (κ1) is 14.5. The fraction of sp³-hybridized carbons (Fsp3) is 0.143. The third-order valence-corrected chi connectivity index (χ3v) is 4.11. The van der Waals surface area contributed by atoms with E-state index in [2.05, 4.69) is 21.4 Å². The van der Waals surface area contributed by atoms with E-state index in [0.717, 1.165) is 15.6 Å². The Hall–Kier alpha value is -0.940. The van der Waals surface area contributed by atoms with Crippen molar-refractivity contribution in [1.29, 1.82) is 0 Å². The zero-order valence-corrected chi connectivity index (χ0v) is 12.4. The Morgan fingerprint density at radius 1 is 1.21 bits per heavy atom. The van der Waals surface area contributed by atoms with Crippen LogP contribution in [0.5, 0.6) is 0 Å². The summed E-state index contributed by atoms with van der Waals surface area (Å²) in [5, 5.41) is 0.654. The fourth-order valence-corrected chi connectivity index (χ4v) is 2.37. The Kier molecular flexibility index (Phi) is 4.93. The van der Waals surface area contributed by atoms with Crippen molar-refractivity contribution in [3.05, 3.63) is 68.9 Å². The summed E-state index contributed by atoms with van der Waals surface area (Å²) >= 11 is 9.35. The molecule has 0 radical (unpaired) electrons. The average Bonchev–Trinajstić information content (AvgIpc) is 2.41. The van der Waals surface area contributed by atoms with Crippen LogP contribution in [0.1, 0.15) is 17.2 Å². The van der Waals surface area contributed by atoms with Crippen molar-refractivity contribution in [2.24, 2.45) is 5.84 Å². The van der Waals surface area contributed by atoms with Gasteiger partial charge in [0.25, 0.3) is 0 Å². The number of hydrogen-bond acceptors (Lipinski definition) is 2. The van der Waals surface area contributed by atoms with E-state index in [1.165, 1.54) is 12.1 Å². The lowest BCUT2D eigenvalue weighted by Gasteiger charge is -2.17. The summed E-state index contributed by atoms with van der Waals surface area (Å²) in [5.41, 5.74) is 4.80. The standard InChI is InChI=1S/C14H13BrClFN2/c15-12-8-10(3-6-13(12)16)14(19-18)7-9-1-4-11(17)5-2-9/h1-6,8,14,19H,7,18H2. The van der Waals surface area contributed by atoms with Crippen molar-refractivity contribution in [1.82, 2.24) is 5.43 Å². The summed E-state index contributed by atoms with van der Waals surface area (Å²) < 4.78 is 13.7. The van der Waals surface area contributed by atoms with Gasteiger partial charge in [-0.05, 0) is 57.7 Å². The summed E-state index contributed by atoms with van der Waals surface area (Å²) in [6.07, 6.45) is 0.671. The highest BCUT2D eigenvalue weighted by atomic mass is 79.9. The number of benzene rings is 2. The second kappa shape index (κ2) is 6.48. The molecule has 1 unspecified atom stereocenters. The van der Waals surface area contributed by atoms with Crippen LogP contribution in [0.15, 0.2) is 46.9 Å². The average molecular weight is 344 g/mol. The third-order valence-electron chi connectivity index (χ3n) is 2.90. The van der Waals surface area contributed by atoms with E-state index in [-0.39, 0.29) is 11.9 Å². The van der Waals surface area contributed by atoms with E-state index in [9.17, 15) is 4.39 Å². The lowest BCUT2D eigenvalue weighted by Crippen LogP contribution is -2.29. The van der Waals surface area contributed by atoms with E-state index < -0.39 is 0 Å². The maximum Gasteiger partial charge on any atom is 0.123 e. The molecule has 0 saturated carbocycles. The third kappa shape index (κ3) is 3.76. The minimum Gasteiger partial charge on any atom is -0.271 e. The summed E-state index contributed by atoms with van der Waals surface area (Å²) in [7, 11) is 0. The van der Waals surface area contributed by atoms with E-state index >= 15 is 0 Å². The van der Waals surface area contributed by atoms with Gasteiger partial charge in [0.05, 0.1) is 11.1 Å². The molecular formula is C14H13BrClFN2. The van der Waals surface area contributed by atoms with Crippen molar-refractivity contribution < 1.29 is 4.39 Å². The number of hydrazine groups is 1. The van der Waals surface area contributed by atoms with Gasteiger partial charge < -0.3 is 0 Å². The molecular weight excluding hydrogens is 331 g/mol. The van der Waals surface area contributed by atoms with Crippen LogP contribution in [0.4, 0.5) is 4.39 Å². The molecule has 0 aromatic heterocycles.